The summed E-state index contributed by atoms with van der Waals surface area (Å²) in [7, 11) is 0. The van der Waals surface area contributed by atoms with Gasteiger partial charge in [0.25, 0.3) is 0 Å². The fraction of sp³-hybridized carbons (Fsp3) is 1.00. The van der Waals surface area contributed by atoms with Crippen molar-refractivity contribution in [3.05, 3.63) is 0 Å². The average Bonchev–Trinajstić information content (AvgIpc) is 2.33. The standard InChI is InChI=1S/C15H32N2/c1-2-3-4-5-6-7-11-15(17)13-9-8-10-14(16)12-13/h13-15H,2-12,16-17H2,1H3. The Morgan fingerprint density at radius 3 is 2.47 bits per heavy atom. The zero-order valence-corrected chi connectivity index (χ0v) is 11.7. The molecule has 0 spiro atoms. The van der Waals surface area contributed by atoms with Crippen LogP contribution in [-0.4, -0.2) is 12.1 Å². The summed E-state index contributed by atoms with van der Waals surface area (Å²) in [5.74, 6) is 0.703. The first-order chi connectivity index (χ1) is 8.24. The highest BCUT2D eigenvalue weighted by atomic mass is 14.7. The summed E-state index contributed by atoms with van der Waals surface area (Å²) in [6.07, 6.45) is 14.4. The molecule has 0 amide bonds. The van der Waals surface area contributed by atoms with E-state index in [9.17, 15) is 0 Å². The van der Waals surface area contributed by atoms with Gasteiger partial charge in [-0.15, -0.1) is 0 Å². The second-order valence-electron chi connectivity index (χ2n) is 5.91. The molecular weight excluding hydrogens is 208 g/mol. The van der Waals surface area contributed by atoms with Crippen LogP contribution < -0.4 is 11.5 Å². The Labute approximate surface area is 108 Å². The monoisotopic (exact) mass is 240 g/mol. The minimum Gasteiger partial charge on any atom is -0.328 e. The van der Waals surface area contributed by atoms with E-state index in [0.717, 1.165) is 6.42 Å². The van der Waals surface area contributed by atoms with E-state index >= 15 is 0 Å². The van der Waals surface area contributed by atoms with Gasteiger partial charge in [-0.25, -0.2) is 0 Å². The first-order valence-electron chi connectivity index (χ1n) is 7.75. The van der Waals surface area contributed by atoms with Gasteiger partial charge in [-0.2, -0.15) is 0 Å². The maximum atomic E-state index is 6.30. The van der Waals surface area contributed by atoms with Crippen molar-refractivity contribution in [2.45, 2.75) is 89.6 Å². The van der Waals surface area contributed by atoms with E-state index in [2.05, 4.69) is 6.92 Å². The largest absolute Gasteiger partial charge is 0.328 e. The lowest BCUT2D eigenvalue weighted by atomic mass is 9.80. The number of rotatable bonds is 8. The molecule has 0 heterocycles. The number of unbranched alkanes of at least 4 members (excludes halogenated alkanes) is 5. The SMILES string of the molecule is CCCCCCCCC(N)C1CCCC(N)C1. The molecule has 0 aliphatic heterocycles. The Balaban J connectivity index is 2.02. The Hall–Kier alpha value is -0.0800. The van der Waals surface area contributed by atoms with Crippen molar-refractivity contribution in [2.75, 3.05) is 0 Å². The minimum absolute atomic E-state index is 0.410. The summed E-state index contributed by atoms with van der Waals surface area (Å²) in [5.41, 5.74) is 12.3. The van der Waals surface area contributed by atoms with Gasteiger partial charge in [-0.3, -0.25) is 0 Å². The molecule has 1 fully saturated rings. The summed E-state index contributed by atoms with van der Waals surface area (Å²) >= 11 is 0. The summed E-state index contributed by atoms with van der Waals surface area (Å²) in [6, 6.07) is 0.830. The Kier molecular flexibility index (Phi) is 7.87. The molecular formula is C15H32N2. The maximum absolute atomic E-state index is 6.30. The van der Waals surface area contributed by atoms with Crippen molar-refractivity contribution in [1.82, 2.24) is 0 Å². The molecule has 1 rings (SSSR count). The fourth-order valence-corrected chi connectivity index (χ4v) is 3.05. The zero-order valence-electron chi connectivity index (χ0n) is 11.7. The minimum atomic E-state index is 0.410. The summed E-state index contributed by atoms with van der Waals surface area (Å²) in [5, 5.41) is 0. The van der Waals surface area contributed by atoms with Gasteiger partial charge in [0.05, 0.1) is 0 Å². The van der Waals surface area contributed by atoms with Crippen LogP contribution in [0.1, 0.15) is 77.6 Å². The summed E-state index contributed by atoms with van der Waals surface area (Å²) in [6.45, 7) is 2.27. The van der Waals surface area contributed by atoms with E-state index in [1.807, 2.05) is 0 Å². The van der Waals surface area contributed by atoms with E-state index in [1.165, 1.54) is 64.2 Å². The molecule has 0 bridgehead atoms. The Morgan fingerprint density at radius 1 is 1.06 bits per heavy atom. The molecule has 3 unspecified atom stereocenters. The van der Waals surface area contributed by atoms with Gasteiger partial charge in [-0.05, 0) is 31.6 Å². The molecule has 0 saturated heterocycles. The second kappa shape index (κ2) is 8.93. The van der Waals surface area contributed by atoms with Gasteiger partial charge in [-0.1, -0.05) is 51.9 Å². The van der Waals surface area contributed by atoms with Gasteiger partial charge < -0.3 is 11.5 Å². The first kappa shape index (κ1) is 15.0. The van der Waals surface area contributed by atoms with Crippen LogP contribution in [-0.2, 0) is 0 Å². The van der Waals surface area contributed by atoms with Gasteiger partial charge in [0.15, 0.2) is 0 Å². The van der Waals surface area contributed by atoms with Crippen LogP contribution in [0.15, 0.2) is 0 Å². The van der Waals surface area contributed by atoms with Crippen molar-refractivity contribution in [3.63, 3.8) is 0 Å². The van der Waals surface area contributed by atoms with Crippen LogP contribution in [0.3, 0.4) is 0 Å². The average molecular weight is 240 g/mol. The van der Waals surface area contributed by atoms with Crippen molar-refractivity contribution in [1.29, 1.82) is 0 Å². The quantitative estimate of drug-likeness (QED) is 0.637. The van der Waals surface area contributed by atoms with E-state index < -0.39 is 0 Å². The van der Waals surface area contributed by atoms with Crippen molar-refractivity contribution >= 4 is 0 Å². The van der Waals surface area contributed by atoms with Gasteiger partial charge in [0.1, 0.15) is 0 Å². The highest BCUT2D eigenvalue weighted by Gasteiger charge is 2.23. The van der Waals surface area contributed by atoms with Crippen molar-refractivity contribution in [2.24, 2.45) is 17.4 Å². The third-order valence-corrected chi connectivity index (χ3v) is 4.25. The molecule has 2 heteroatoms. The lowest BCUT2D eigenvalue weighted by Gasteiger charge is -2.31. The van der Waals surface area contributed by atoms with E-state index in [1.54, 1.807) is 0 Å². The fourth-order valence-electron chi connectivity index (χ4n) is 3.05. The molecule has 1 saturated carbocycles. The molecule has 0 radical (unpaired) electrons. The molecule has 3 atom stereocenters. The lowest BCUT2D eigenvalue weighted by Crippen LogP contribution is -2.38. The molecule has 17 heavy (non-hydrogen) atoms. The second-order valence-corrected chi connectivity index (χ2v) is 5.91. The van der Waals surface area contributed by atoms with Gasteiger partial charge in [0.2, 0.25) is 0 Å². The third kappa shape index (κ3) is 6.42. The molecule has 1 aliphatic carbocycles. The molecule has 102 valence electrons. The van der Waals surface area contributed by atoms with Crippen LogP contribution in [0.5, 0.6) is 0 Å². The van der Waals surface area contributed by atoms with Crippen LogP contribution in [0, 0.1) is 5.92 Å². The topological polar surface area (TPSA) is 52.0 Å². The van der Waals surface area contributed by atoms with Crippen LogP contribution in [0.25, 0.3) is 0 Å². The maximum Gasteiger partial charge on any atom is 0.00677 e. The van der Waals surface area contributed by atoms with E-state index in [-0.39, 0.29) is 0 Å². The Morgan fingerprint density at radius 2 is 1.76 bits per heavy atom. The third-order valence-electron chi connectivity index (χ3n) is 4.25. The predicted molar refractivity (Wildman–Crippen MR) is 75.9 cm³/mol. The van der Waals surface area contributed by atoms with Crippen LogP contribution in [0.4, 0.5) is 0 Å². The van der Waals surface area contributed by atoms with Crippen LogP contribution in [0.2, 0.25) is 0 Å². The van der Waals surface area contributed by atoms with E-state index in [0.29, 0.717) is 18.0 Å². The van der Waals surface area contributed by atoms with Gasteiger partial charge >= 0.3 is 0 Å². The number of hydrogen-bond acceptors (Lipinski definition) is 2. The summed E-state index contributed by atoms with van der Waals surface area (Å²) in [4.78, 5) is 0. The first-order valence-corrected chi connectivity index (χ1v) is 7.75. The molecule has 0 aromatic heterocycles. The van der Waals surface area contributed by atoms with Crippen molar-refractivity contribution < 1.29 is 0 Å². The normalized spacial score (nSPS) is 27.0. The molecule has 2 nitrogen and oxygen atoms in total. The smallest absolute Gasteiger partial charge is 0.00677 e. The molecule has 4 N–H and O–H groups in total. The number of hydrogen-bond donors (Lipinski definition) is 2. The lowest BCUT2D eigenvalue weighted by molar-refractivity contribution is 0.266. The molecule has 1 aliphatic rings. The predicted octanol–water partition coefficient (Wildman–Crippen LogP) is 3.58. The zero-order chi connectivity index (χ0) is 12.5. The Bertz CT molecular complexity index is 182. The highest BCUT2D eigenvalue weighted by Crippen LogP contribution is 2.27. The van der Waals surface area contributed by atoms with Gasteiger partial charge in [0, 0.05) is 12.1 Å². The molecule has 0 aromatic rings. The van der Waals surface area contributed by atoms with Crippen LogP contribution >= 0.6 is 0 Å². The van der Waals surface area contributed by atoms with E-state index in [4.69, 9.17) is 11.5 Å². The summed E-state index contributed by atoms with van der Waals surface area (Å²) < 4.78 is 0. The molecule has 0 aromatic carbocycles. The van der Waals surface area contributed by atoms with Crippen molar-refractivity contribution in [3.8, 4) is 0 Å². The number of nitrogens with two attached hydrogens (primary N) is 2. The highest BCUT2D eigenvalue weighted by molar-refractivity contribution is 4.81.